The highest BCUT2D eigenvalue weighted by Crippen LogP contribution is 2.71. The Morgan fingerprint density at radius 2 is 0.963 bits per heavy atom. The number of hydrogen-bond donors (Lipinski definition) is 0. The Bertz CT molecular complexity index is 464. The molecule has 1 rings (SSSR count). The molecule has 0 aromatic rings. The Labute approximate surface area is 176 Å². The van der Waals surface area contributed by atoms with Crippen molar-refractivity contribution < 1.29 is 0 Å². The molecule has 0 bridgehead atoms. The smallest absolute Gasteiger partial charge is 0.00194 e. The van der Waals surface area contributed by atoms with E-state index in [1.165, 1.54) is 12.8 Å². The van der Waals surface area contributed by atoms with E-state index in [0.29, 0.717) is 10.3 Å². The van der Waals surface area contributed by atoms with Gasteiger partial charge in [-0.15, -0.1) is 9.24 Å². The molecule has 0 aromatic carbocycles. The second kappa shape index (κ2) is 7.84. The normalized spacial score (nSPS) is 29.3. The highest BCUT2D eigenvalue weighted by Gasteiger charge is 2.58. The molecule has 0 aromatic heterocycles. The van der Waals surface area contributed by atoms with Gasteiger partial charge in [-0.3, -0.25) is 0 Å². The second-order valence-electron chi connectivity index (χ2n) is 13.7. The molecule has 1 aliphatic carbocycles. The summed E-state index contributed by atoms with van der Waals surface area (Å²) in [7, 11) is 3.35. The van der Waals surface area contributed by atoms with E-state index in [1.807, 2.05) is 0 Å². The van der Waals surface area contributed by atoms with Crippen LogP contribution in [0.25, 0.3) is 0 Å². The first-order valence-electron chi connectivity index (χ1n) is 11.2. The third kappa shape index (κ3) is 5.13. The van der Waals surface area contributed by atoms with Gasteiger partial charge in [0.25, 0.3) is 0 Å². The van der Waals surface area contributed by atoms with Gasteiger partial charge in [0, 0.05) is 0 Å². The van der Waals surface area contributed by atoms with Gasteiger partial charge in [0.15, 0.2) is 0 Å². The fraction of sp³-hybridized carbons (Fsp3) is 1.00. The molecule has 0 aliphatic heterocycles. The summed E-state index contributed by atoms with van der Waals surface area (Å²) in [5.41, 5.74) is 1.35. The molecular formula is C25H52P2. The average Bonchev–Trinajstić information content (AvgIpc) is 2.35. The van der Waals surface area contributed by atoms with Crippen molar-refractivity contribution >= 4 is 17.2 Å². The Kier molecular flexibility index (Phi) is 7.52. The summed E-state index contributed by atoms with van der Waals surface area (Å²) in [6, 6.07) is 0. The molecule has 1 aliphatic rings. The van der Waals surface area contributed by atoms with E-state index in [1.54, 1.807) is 0 Å². The Morgan fingerprint density at radius 1 is 0.630 bits per heavy atom. The molecule has 5 atom stereocenters. The van der Waals surface area contributed by atoms with Crippen LogP contribution >= 0.6 is 17.2 Å². The van der Waals surface area contributed by atoms with Crippen LogP contribution in [0.15, 0.2) is 0 Å². The molecule has 0 nitrogen and oxygen atoms in total. The molecule has 27 heavy (non-hydrogen) atoms. The van der Waals surface area contributed by atoms with Crippen molar-refractivity contribution in [2.75, 3.05) is 0 Å². The average molecular weight is 415 g/mol. The third-order valence-corrected chi connectivity index (χ3v) is 13.8. The summed E-state index contributed by atoms with van der Waals surface area (Å²) in [6.45, 7) is 35.1. The van der Waals surface area contributed by atoms with E-state index in [-0.39, 0.29) is 23.9 Å². The summed E-state index contributed by atoms with van der Waals surface area (Å²) in [6.07, 6.45) is 2.79. The molecule has 0 amide bonds. The molecule has 162 valence electrons. The van der Waals surface area contributed by atoms with Gasteiger partial charge in [-0.25, -0.2) is 0 Å². The molecule has 5 unspecified atom stereocenters. The minimum Gasteiger partial charge on any atom is -0.130 e. The largest absolute Gasteiger partial charge is 0.130 e. The van der Waals surface area contributed by atoms with Crippen LogP contribution in [-0.2, 0) is 0 Å². The fourth-order valence-corrected chi connectivity index (χ4v) is 12.4. The lowest BCUT2D eigenvalue weighted by Crippen LogP contribution is -2.59. The third-order valence-electron chi connectivity index (χ3n) is 7.52. The van der Waals surface area contributed by atoms with Crippen molar-refractivity contribution in [3.8, 4) is 0 Å². The SMILES string of the molecule is CC1CC(P(C(C)(C)C)C(C)(C)C)C(C(P)(C(C)(C)C)C(C)(C)C)CC1C. The summed E-state index contributed by atoms with van der Waals surface area (Å²) in [4.78, 5) is 0. The van der Waals surface area contributed by atoms with Gasteiger partial charge in [0.1, 0.15) is 0 Å². The quantitative estimate of drug-likeness (QED) is 0.396. The highest BCUT2D eigenvalue weighted by molar-refractivity contribution is 7.61. The van der Waals surface area contributed by atoms with Crippen LogP contribution in [0.1, 0.15) is 110 Å². The summed E-state index contributed by atoms with van der Waals surface area (Å²) in [5, 5.41) is 1.01. The zero-order chi connectivity index (χ0) is 21.8. The summed E-state index contributed by atoms with van der Waals surface area (Å²) < 4.78 is 0. The topological polar surface area (TPSA) is 0 Å². The molecular weight excluding hydrogens is 362 g/mol. The van der Waals surface area contributed by atoms with Crippen LogP contribution in [0.3, 0.4) is 0 Å². The van der Waals surface area contributed by atoms with E-state index in [0.717, 1.165) is 23.4 Å². The standard InChI is InChI=1S/C25H52P2/c1-17-15-19(25(26,21(3,4)5)22(6,7)8)20(16-18(17)2)27(23(9,10)11)24(12,13)14/h17-20H,15-16,26H2,1-14H3. The minimum atomic E-state index is -0.118. The van der Waals surface area contributed by atoms with Crippen LogP contribution in [0.2, 0.25) is 0 Å². The minimum absolute atomic E-state index is 0.118. The van der Waals surface area contributed by atoms with Gasteiger partial charge in [-0.05, 0) is 62.6 Å². The van der Waals surface area contributed by atoms with E-state index in [4.69, 9.17) is 0 Å². The van der Waals surface area contributed by atoms with Crippen molar-refractivity contribution in [2.24, 2.45) is 28.6 Å². The second-order valence-corrected chi connectivity index (χ2v) is 18.7. The maximum Gasteiger partial charge on any atom is -0.00194 e. The number of hydrogen-bond acceptors (Lipinski definition) is 0. The molecule has 1 saturated carbocycles. The molecule has 0 heterocycles. The van der Waals surface area contributed by atoms with E-state index in [9.17, 15) is 0 Å². The van der Waals surface area contributed by atoms with Gasteiger partial charge in [-0.2, -0.15) is 0 Å². The van der Waals surface area contributed by atoms with Crippen molar-refractivity contribution in [3.05, 3.63) is 0 Å². The zero-order valence-electron chi connectivity index (χ0n) is 21.2. The van der Waals surface area contributed by atoms with E-state index < -0.39 is 0 Å². The van der Waals surface area contributed by atoms with Gasteiger partial charge in [0.2, 0.25) is 0 Å². The zero-order valence-corrected chi connectivity index (χ0v) is 23.3. The van der Waals surface area contributed by atoms with Gasteiger partial charge in [-0.1, -0.05) is 105 Å². The van der Waals surface area contributed by atoms with Gasteiger partial charge >= 0.3 is 0 Å². The Hall–Kier alpha value is 0.860. The molecule has 0 saturated heterocycles. The Morgan fingerprint density at radius 3 is 1.26 bits per heavy atom. The summed E-state index contributed by atoms with van der Waals surface area (Å²) in [5.74, 6) is 2.43. The van der Waals surface area contributed by atoms with Crippen LogP contribution in [0.4, 0.5) is 0 Å². The van der Waals surface area contributed by atoms with Crippen molar-refractivity contribution in [3.63, 3.8) is 0 Å². The highest BCUT2D eigenvalue weighted by atomic mass is 31.1. The number of rotatable bonds is 2. The van der Waals surface area contributed by atoms with Gasteiger partial charge in [0.05, 0.1) is 0 Å². The maximum absolute atomic E-state index is 3.46. The first-order chi connectivity index (χ1) is 11.7. The van der Waals surface area contributed by atoms with E-state index in [2.05, 4.69) is 106 Å². The Balaban J connectivity index is 3.68. The fourth-order valence-electron chi connectivity index (χ4n) is 6.58. The predicted molar refractivity (Wildman–Crippen MR) is 133 cm³/mol. The maximum atomic E-state index is 3.46. The van der Waals surface area contributed by atoms with Crippen LogP contribution in [0.5, 0.6) is 0 Å². The van der Waals surface area contributed by atoms with Crippen LogP contribution in [-0.4, -0.2) is 21.1 Å². The van der Waals surface area contributed by atoms with Crippen molar-refractivity contribution in [1.82, 2.24) is 0 Å². The lowest BCUT2D eigenvalue weighted by atomic mass is 9.55. The van der Waals surface area contributed by atoms with Crippen molar-refractivity contribution in [2.45, 2.75) is 131 Å². The lowest BCUT2D eigenvalue weighted by molar-refractivity contribution is 0.0402. The molecule has 0 N–H and O–H groups in total. The monoisotopic (exact) mass is 414 g/mol. The van der Waals surface area contributed by atoms with E-state index >= 15 is 0 Å². The van der Waals surface area contributed by atoms with Crippen LogP contribution in [0, 0.1) is 28.6 Å². The van der Waals surface area contributed by atoms with Crippen molar-refractivity contribution in [1.29, 1.82) is 0 Å². The summed E-state index contributed by atoms with van der Waals surface area (Å²) >= 11 is 0. The first kappa shape index (κ1) is 25.9. The first-order valence-corrected chi connectivity index (χ1v) is 13.2. The predicted octanol–water partition coefficient (Wildman–Crippen LogP) is 8.82. The molecule has 2 heteroatoms. The lowest BCUT2D eigenvalue weighted by Gasteiger charge is -2.63. The molecule has 0 spiro atoms. The molecule has 0 radical (unpaired) electrons. The molecule has 1 fully saturated rings. The van der Waals surface area contributed by atoms with Crippen LogP contribution < -0.4 is 0 Å². The van der Waals surface area contributed by atoms with Gasteiger partial charge < -0.3 is 0 Å².